The number of nitrogens with two attached hydrogens (primary N) is 1. The third kappa shape index (κ3) is 4.61. The Balaban J connectivity index is 2.11. The van der Waals surface area contributed by atoms with E-state index in [0.29, 0.717) is 16.2 Å². The maximum Gasteiger partial charge on any atom is 0.281 e. The van der Waals surface area contributed by atoms with Gasteiger partial charge in [0.2, 0.25) is 0 Å². The van der Waals surface area contributed by atoms with Gasteiger partial charge in [-0.25, -0.2) is 14.7 Å². The number of carbonyl (C=O) groups is 1. The first kappa shape index (κ1) is 24.4. The van der Waals surface area contributed by atoms with E-state index in [-0.39, 0.29) is 27.4 Å². The molecule has 2 aromatic rings. The molecular weight excluding hydrogens is 494 g/mol. The highest BCUT2D eigenvalue weighted by molar-refractivity contribution is 9.10. The largest absolute Gasteiger partial charge is 0.384 e. The van der Waals surface area contributed by atoms with Gasteiger partial charge in [0.05, 0.1) is 11.3 Å². The van der Waals surface area contributed by atoms with Gasteiger partial charge in [-0.3, -0.25) is 4.79 Å². The van der Waals surface area contributed by atoms with Crippen molar-refractivity contribution in [3.05, 3.63) is 40.0 Å². The van der Waals surface area contributed by atoms with Crippen molar-refractivity contribution in [2.75, 3.05) is 17.2 Å². The van der Waals surface area contributed by atoms with Crippen LogP contribution in [0.2, 0.25) is 0 Å². The zero-order valence-corrected chi connectivity index (χ0v) is 21.6. The molecule has 0 bridgehead atoms. The van der Waals surface area contributed by atoms with E-state index >= 15 is 0 Å². The van der Waals surface area contributed by atoms with Crippen LogP contribution in [-0.2, 0) is 15.4 Å². The first-order chi connectivity index (χ1) is 14.6. The summed E-state index contributed by atoms with van der Waals surface area (Å²) in [6.07, 6.45) is 0.947. The lowest BCUT2D eigenvalue weighted by Gasteiger charge is -2.37. The minimum Gasteiger partial charge on any atom is -0.384 e. The number of amides is 1. The molecule has 3 rings (SSSR count). The van der Waals surface area contributed by atoms with Crippen LogP contribution in [0.1, 0.15) is 64.0 Å². The highest BCUT2D eigenvalue weighted by Crippen LogP contribution is 2.41. The number of nitrogens with zero attached hydrogens (tertiary/aromatic N) is 3. The van der Waals surface area contributed by atoms with Gasteiger partial charge in [0, 0.05) is 22.0 Å². The summed E-state index contributed by atoms with van der Waals surface area (Å²) < 4.78 is 28.4. The van der Waals surface area contributed by atoms with Gasteiger partial charge in [-0.2, -0.15) is 8.42 Å². The number of sulfonamides is 1. The molecule has 1 unspecified atom stereocenters. The second-order valence-corrected chi connectivity index (χ2v) is 12.3. The van der Waals surface area contributed by atoms with Crippen molar-refractivity contribution < 1.29 is 13.2 Å². The van der Waals surface area contributed by atoms with E-state index in [9.17, 15) is 13.2 Å². The summed E-state index contributed by atoms with van der Waals surface area (Å²) >= 11 is 3.53. The molecular formula is C22H30BrN5O3S. The maximum absolute atomic E-state index is 13.3. The van der Waals surface area contributed by atoms with Gasteiger partial charge < -0.3 is 10.6 Å². The third-order valence-electron chi connectivity index (χ3n) is 6.10. The first-order valence-corrected chi connectivity index (χ1v) is 12.7. The molecule has 1 aliphatic rings. The molecule has 1 amide bonds. The predicted octanol–water partition coefficient (Wildman–Crippen LogP) is 3.86. The molecule has 3 N–H and O–H groups in total. The number of nitrogen functional groups attached to an aromatic ring is 1. The summed E-state index contributed by atoms with van der Waals surface area (Å²) in [7, 11) is -4.21. The Hall–Kier alpha value is -2.20. The lowest BCUT2D eigenvalue weighted by molar-refractivity contribution is 0.0981. The van der Waals surface area contributed by atoms with Crippen LogP contribution in [0.3, 0.4) is 0 Å². The number of aromatic nitrogens is 2. The molecule has 0 saturated carbocycles. The van der Waals surface area contributed by atoms with E-state index < -0.39 is 15.9 Å². The Morgan fingerprint density at radius 2 is 1.94 bits per heavy atom. The average molecular weight is 524 g/mol. The normalized spacial score (nSPS) is 18.6. The number of carbonyl (C=O) groups excluding carboxylic acids is 1. The summed E-state index contributed by atoms with van der Waals surface area (Å²) in [6.45, 7) is 13.2. The molecule has 3 heterocycles. The van der Waals surface area contributed by atoms with Gasteiger partial charge in [-0.1, -0.05) is 33.8 Å². The Morgan fingerprint density at radius 3 is 2.47 bits per heavy atom. The zero-order chi connectivity index (χ0) is 24.1. The molecule has 1 atom stereocenters. The quantitative estimate of drug-likeness (QED) is 0.624. The number of rotatable bonds is 4. The van der Waals surface area contributed by atoms with Crippen molar-refractivity contribution in [2.24, 2.45) is 5.92 Å². The fraction of sp³-hybridized carbons (Fsp3) is 0.500. The topological polar surface area (TPSA) is 118 Å². The maximum atomic E-state index is 13.3. The monoisotopic (exact) mass is 523 g/mol. The van der Waals surface area contributed by atoms with E-state index in [1.165, 1.54) is 18.2 Å². The third-order valence-corrected chi connectivity index (χ3v) is 7.94. The molecule has 10 heteroatoms. The molecule has 2 aromatic heterocycles. The van der Waals surface area contributed by atoms with Crippen LogP contribution in [0.25, 0.3) is 0 Å². The van der Waals surface area contributed by atoms with Crippen LogP contribution in [0.15, 0.2) is 33.8 Å². The minimum atomic E-state index is -4.21. The zero-order valence-electron chi connectivity index (χ0n) is 19.2. The predicted molar refractivity (Wildman–Crippen MR) is 129 cm³/mol. The standard InChI is InChI=1S/C22H30BrN5O3S/c1-13-10-11-28(22(13,5)6)19-14(12-15(23)18(26-19)21(2,3)4)20(29)27-32(30,31)17-9-7-8-16(24)25-17/h7-9,12-13H,10-11H2,1-6H3,(H2,24,25)(H,27,29). The Morgan fingerprint density at radius 1 is 1.28 bits per heavy atom. The summed E-state index contributed by atoms with van der Waals surface area (Å²) in [5.74, 6) is 0.129. The summed E-state index contributed by atoms with van der Waals surface area (Å²) in [4.78, 5) is 24.1. The number of hydrogen-bond acceptors (Lipinski definition) is 7. The first-order valence-electron chi connectivity index (χ1n) is 10.4. The van der Waals surface area contributed by atoms with Crippen molar-refractivity contribution in [3.8, 4) is 0 Å². The van der Waals surface area contributed by atoms with Gasteiger partial charge in [0.15, 0.2) is 5.03 Å². The molecule has 1 saturated heterocycles. The van der Waals surface area contributed by atoms with Crippen molar-refractivity contribution in [1.29, 1.82) is 0 Å². The molecule has 0 aromatic carbocycles. The smallest absolute Gasteiger partial charge is 0.281 e. The molecule has 32 heavy (non-hydrogen) atoms. The molecule has 174 valence electrons. The highest BCUT2D eigenvalue weighted by Gasteiger charge is 2.41. The Kier molecular flexibility index (Phi) is 6.34. The van der Waals surface area contributed by atoms with Gasteiger partial charge in [0.25, 0.3) is 15.9 Å². The van der Waals surface area contributed by atoms with Crippen LogP contribution in [0, 0.1) is 5.92 Å². The van der Waals surface area contributed by atoms with Crippen LogP contribution in [-0.4, -0.2) is 36.4 Å². The van der Waals surface area contributed by atoms with E-state index in [1.807, 2.05) is 20.8 Å². The summed E-state index contributed by atoms with van der Waals surface area (Å²) in [5.41, 5.74) is 6.05. The van der Waals surface area contributed by atoms with Gasteiger partial charge >= 0.3 is 0 Å². The van der Waals surface area contributed by atoms with E-state index in [4.69, 9.17) is 10.7 Å². The van der Waals surface area contributed by atoms with Gasteiger partial charge in [-0.05, 0) is 60.3 Å². The lowest BCUT2D eigenvalue weighted by Crippen LogP contribution is -2.44. The molecule has 0 aliphatic carbocycles. The minimum absolute atomic E-state index is 0.0489. The summed E-state index contributed by atoms with van der Waals surface area (Å²) in [5, 5.41) is -0.319. The molecule has 0 spiro atoms. The molecule has 8 nitrogen and oxygen atoms in total. The summed E-state index contributed by atoms with van der Waals surface area (Å²) in [6, 6.07) is 5.88. The van der Waals surface area contributed by atoms with Crippen molar-refractivity contribution in [3.63, 3.8) is 0 Å². The van der Waals surface area contributed by atoms with Crippen LogP contribution >= 0.6 is 15.9 Å². The van der Waals surface area contributed by atoms with E-state index in [0.717, 1.165) is 18.7 Å². The SMILES string of the molecule is CC1CCN(c2nc(C(C)(C)C)c(Br)cc2C(=O)NS(=O)(=O)c2cccc(N)n2)C1(C)C. The van der Waals surface area contributed by atoms with Crippen LogP contribution < -0.4 is 15.4 Å². The number of halogens is 1. The van der Waals surface area contributed by atoms with Crippen LogP contribution in [0.4, 0.5) is 11.6 Å². The molecule has 1 fully saturated rings. The fourth-order valence-corrected chi connectivity index (χ4v) is 5.65. The van der Waals surface area contributed by atoms with E-state index in [1.54, 1.807) is 6.07 Å². The lowest BCUT2D eigenvalue weighted by atomic mass is 9.89. The highest BCUT2D eigenvalue weighted by atomic mass is 79.9. The van der Waals surface area contributed by atoms with Crippen molar-refractivity contribution in [1.82, 2.24) is 14.7 Å². The van der Waals surface area contributed by atoms with Crippen molar-refractivity contribution in [2.45, 2.75) is 63.9 Å². The molecule has 0 radical (unpaired) electrons. The molecule has 1 aliphatic heterocycles. The average Bonchev–Trinajstić information content (AvgIpc) is 2.93. The number of hydrogen-bond donors (Lipinski definition) is 2. The van der Waals surface area contributed by atoms with Crippen LogP contribution in [0.5, 0.6) is 0 Å². The fourth-order valence-electron chi connectivity index (χ4n) is 3.80. The Labute approximate surface area is 198 Å². The Bertz CT molecular complexity index is 1160. The number of anilines is 2. The number of nitrogens with one attached hydrogen (secondary N) is 1. The van der Waals surface area contributed by atoms with E-state index in [2.05, 4.69) is 51.3 Å². The van der Waals surface area contributed by atoms with Crippen molar-refractivity contribution >= 4 is 43.5 Å². The number of pyridine rings is 2. The second-order valence-electron chi connectivity index (χ2n) is 9.77. The second kappa shape index (κ2) is 8.30. The van der Waals surface area contributed by atoms with Gasteiger partial charge in [-0.15, -0.1) is 0 Å². The van der Waals surface area contributed by atoms with Gasteiger partial charge in [0.1, 0.15) is 11.6 Å².